The van der Waals surface area contributed by atoms with Gasteiger partial charge in [-0.1, -0.05) is 0 Å². The number of hydrogen-bond acceptors (Lipinski definition) is 5. The van der Waals surface area contributed by atoms with Crippen LogP contribution in [0.1, 0.15) is 32.6 Å². The number of sulfonamides is 1. The molecule has 0 spiro atoms. The standard InChI is InChI=1S/C16H30N4O4S/c1-4-24-15(21)13-7-5-9-19(12-13)16(17-2)18-11-14-8-6-10-20(14)25(3,22)23/h13-14H,4-12H2,1-3H3,(H,17,18)/t13-,14+/m0/s1. The van der Waals surface area contributed by atoms with Crippen LogP contribution in [0.3, 0.4) is 0 Å². The molecular weight excluding hydrogens is 344 g/mol. The maximum Gasteiger partial charge on any atom is 0.310 e. The summed E-state index contributed by atoms with van der Waals surface area (Å²) in [6.45, 7) is 4.73. The highest BCUT2D eigenvalue weighted by atomic mass is 32.2. The minimum Gasteiger partial charge on any atom is -0.466 e. The molecule has 0 radical (unpaired) electrons. The van der Waals surface area contributed by atoms with Crippen LogP contribution in [0.5, 0.6) is 0 Å². The van der Waals surface area contributed by atoms with E-state index in [-0.39, 0.29) is 17.9 Å². The van der Waals surface area contributed by atoms with Gasteiger partial charge in [0.15, 0.2) is 5.96 Å². The first kappa shape index (κ1) is 20.0. The first-order valence-electron chi connectivity index (χ1n) is 8.95. The molecule has 0 aromatic heterocycles. The van der Waals surface area contributed by atoms with Crippen LogP contribution in [0.15, 0.2) is 4.99 Å². The van der Waals surface area contributed by atoms with Crippen molar-refractivity contribution >= 4 is 22.0 Å². The number of nitrogens with one attached hydrogen (secondary N) is 1. The molecule has 0 aromatic carbocycles. The fraction of sp³-hybridized carbons (Fsp3) is 0.875. The second kappa shape index (κ2) is 8.84. The van der Waals surface area contributed by atoms with Gasteiger partial charge in [0.25, 0.3) is 0 Å². The predicted octanol–water partition coefficient (Wildman–Crippen LogP) is 0.261. The third kappa shape index (κ3) is 5.31. The van der Waals surface area contributed by atoms with Crippen molar-refractivity contribution in [1.29, 1.82) is 0 Å². The molecule has 9 heteroatoms. The van der Waals surface area contributed by atoms with E-state index in [0.29, 0.717) is 32.2 Å². The molecule has 8 nitrogen and oxygen atoms in total. The molecule has 2 fully saturated rings. The molecular formula is C16H30N4O4S. The molecule has 2 atom stereocenters. The van der Waals surface area contributed by atoms with E-state index in [2.05, 4.69) is 15.2 Å². The zero-order chi connectivity index (χ0) is 18.4. The number of carbonyl (C=O) groups is 1. The Kier molecular flexibility index (Phi) is 7.06. The Bertz CT molecular complexity index is 593. The van der Waals surface area contributed by atoms with E-state index in [0.717, 1.165) is 32.2 Å². The second-order valence-corrected chi connectivity index (χ2v) is 8.57. The Morgan fingerprint density at radius 2 is 2.00 bits per heavy atom. The van der Waals surface area contributed by atoms with Gasteiger partial charge >= 0.3 is 5.97 Å². The Hall–Kier alpha value is -1.35. The fourth-order valence-electron chi connectivity index (χ4n) is 3.61. The van der Waals surface area contributed by atoms with Crippen molar-refractivity contribution in [3.05, 3.63) is 0 Å². The molecule has 0 unspecified atom stereocenters. The van der Waals surface area contributed by atoms with Crippen LogP contribution in [0, 0.1) is 5.92 Å². The lowest BCUT2D eigenvalue weighted by Crippen LogP contribution is -2.51. The summed E-state index contributed by atoms with van der Waals surface area (Å²) in [7, 11) is -1.47. The highest BCUT2D eigenvalue weighted by Crippen LogP contribution is 2.21. The number of guanidine groups is 1. The van der Waals surface area contributed by atoms with Crippen molar-refractivity contribution < 1.29 is 17.9 Å². The molecule has 0 aliphatic carbocycles. The van der Waals surface area contributed by atoms with E-state index in [1.807, 2.05) is 6.92 Å². The van der Waals surface area contributed by atoms with Crippen molar-refractivity contribution in [3.63, 3.8) is 0 Å². The lowest BCUT2D eigenvalue weighted by molar-refractivity contribution is -0.149. The molecule has 1 N–H and O–H groups in total. The molecule has 144 valence electrons. The number of piperidine rings is 1. The number of rotatable bonds is 5. The monoisotopic (exact) mass is 374 g/mol. The average molecular weight is 375 g/mol. The van der Waals surface area contributed by atoms with Crippen molar-refractivity contribution in [2.24, 2.45) is 10.9 Å². The predicted molar refractivity (Wildman–Crippen MR) is 96.9 cm³/mol. The third-order valence-electron chi connectivity index (χ3n) is 4.80. The van der Waals surface area contributed by atoms with Crippen LogP contribution >= 0.6 is 0 Å². The highest BCUT2D eigenvalue weighted by molar-refractivity contribution is 7.88. The summed E-state index contributed by atoms with van der Waals surface area (Å²) in [5, 5.41) is 3.29. The van der Waals surface area contributed by atoms with E-state index in [4.69, 9.17) is 4.74 Å². The topological polar surface area (TPSA) is 91.3 Å². The number of hydrogen-bond donors (Lipinski definition) is 1. The van der Waals surface area contributed by atoms with E-state index in [1.54, 1.807) is 11.4 Å². The number of ether oxygens (including phenoxy) is 1. The zero-order valence-electron chi connectivity index (χ0n) is 15.4. The van der Waals surface area contributed by atoms with Gasteiger partial charge in [-0.3, -0.25) is 9.79 Å². The first-order chi connectivity index (χ1) is 11.9. The molecule has 0 aromatic rings. The smallest absolute Gasteiger partial charge is 0.310 e. The van der Waals surface area contributed by atoms with Crippen LogP contribution < -0.4 is 5.32 Å². The SMILES string of the molecule is CCOC(=O)[C@H]1CCCN(C(=NC)NC[C@H]2CCCN2S(C)(=O)=O)C1. The Labute approximate surface area is 150 Å². The molecule has 0 bridgehead atoms. The summed E-state index contributed by atoms with van der Waals surface area (Å²) < 4.78 is 30.4. The molecule has 25 heavy (non-hydrogen) atoms. The van der Waals surface area contributed by atoms with Gasteiger partial charge in [-0.2, -0.15) is 4.31 Å². The summed E-state index contributed by atoms with van der Waals surface area (Å²) in [5.74, 6) is 0.433. The summed E-state index contributed by atoms with van der Waals surface area (Å²) in [6, 6.07) is -0.0441. The van der Waals surface area contributed by atoms with Crippen molar-refractivity contribution in [1.82, 2.24) is 14.5 Å². The number of carbonyl (C=O) groups excluding carboxylic acids is 1. The van der Waals surface area contributed by atoms with Crippen LogP contribution in [-0.4, -0.2) is 81.7 Å². The van der Waals surface area contributed by atoms with E-state index in [1.165, 1.54) is 6.26 Å². The lowest BCUT2D eigenvalue weighted by Gasteiger charge is -2.34. The number of esters is 1. The van der Waals surface area contributed by atoms with Gasteiger partial charge in [0.05, 0.1) is 18.8 Å². The fourth-order valence-corrected chi connectivity index (χ4v) is 4.80. The van der Waals surface area contributed by atoms with Gasteiger partial charge in [-0.15, -0.1) is 0 Å². The maximum absolute atomic E-state index is 12.0. The van der Waals surface area contributed by atoms with Crippen LogP contribution in [0.25, 0.3) is 0 Å². The highest BCUT2D eigenvalue weighted by Gasteiger charge is 2.32. The molecule has 2 heterocycles. The summed E-state index contributed by atoms with van der Waals surface area (Å²) >= 11 is 0. The lowest BCUT2D eigenvalue weighted by atomic mass is 9.98. The van der Waals surface area contributed by atoms with E-state index in [9.17, 15) is 13.2 Å². The van der Waals surface area contributed by atoms with E-state index < -0.39 is 10.0 Å². The van der Waals surface area contributed by atoms with Crippen molar-refractivity contribution in [2.45, 2.75) is 38.6 Å². The number of aliphatic imine (C=N–C) groups is 1. The Morgan fingerprint density at radius 3 is 2.64 bits per heavy atom. The number of likely N-dealkylation sites (tertiary alicyclic amines) is 1. The van der Waals surface area contributed by atoms with Crippen LogP contribution in [0.4, 0.5) is 0 Å². The van der Waals surface area contributed by atoms with Crippen molar-refractivity contribution in [3.8, 4) is 0 Å². The molecule has 2 aliphatic heterocycles. The quantitative estimate of drug-likeness (QED) is 0.422. The van der Waals surface area contributed by atoms with Gasteiger partial charge in [-0.25, -0.2) is 8.42 Å². The third-order valence-corrected chi connectivity index (χ3v) is 6.13. The van der Waals surface area contributed by atoms with Crippen LogP contribution in [0.2, 0.25) is 0 Å². The molecule has 0 amide bonds. The van der Waals surface area contributed by atoms with Gasteiger partial charge in [-0.05, 0) is 32.6 Å². The summed E-state index contributed by atoms with van der Waals surface area (Å²) in [5.41, 5.74) is 0. The van der Waals surface area contributed by atoms with E-state index >= 15 is 0 Å². The van der Waals surface area contributed by atoms with Gasteiger partial charge < -0.3 is 15.0 Å². The Balaban J connectivity index is 1.93. The van der Waals surface area contributed by atoms with Gasteiger partial charge in [0, 0.05) is 39.3 Å². The van der Waals surface area contributed by atoms with Gasteiger partial charge in [0.2, 0.25) is 10.0 Å². The molecule has 2 aliphatic rings. The molecule has 2 saturated heterocycles. The largest absolute Gasteiger partial charge is 0.466 e. The normalized spacial score (nSPS) is 25.9. The molecule has 0 saturated carbocycles. The first-order valence-corrected chi connectivity index (χ1v) is 10.8. The van der Waals surface area contributed by atoms with Crippen molar-refractivity contribution in [2.75, 3.05) is 46.1 Å². The minimum absolute atomic E-state index is 0.0441. The Morgan fingerprint density at radius 1 is 1.28 bits per heavy atom. The summed E-state index contributed by atoms with van der Waals surface area (Å²) in [6.07, 6.45) is 4.73. The second-order valence-electron chi connectivity index (χ2n) is 6.64. The minimum atomic E-state index is -3.18. The van der Waals surface area contributed by atoms with Crippen LogP contribution in [-0.2, 0) is 19.6 Å². The zero-order valence-corrected chi connectivity index (χ0v) is 16.2. The van der Waals surface area contributed by atoms with Gasteiger partial charge in [0.1, 0.15) is 0 Å². The summed E-state index contributed by atoms with van der Waals surface area (Å²) in [4.78, 5) is 18.4. The number of nitrogens with zero attached hydrogens (tertiary/aromatic N) is 3. The maximum atomic E-state index is 12.0. The molecule has 2 rings (SSSR count). The average Bonchev–Trinajstić information content (AvgIpc) is 3.05.